The molecule has 7 nitrogen and oxygen atoms in total. The second-order valence-electron chi connectivity index (χ2n) is 7.10. The third-order valence-electron chi connectivity index (χ3n) is 4.23. The second kappa shape index (κ2) is 10.7. The molecule has 0 radical (unpaired) electrons. The number of aromatic amines is 1. The van der Waals surface area contributed by atoms with Crippen molar-refractivity contribution in [1.29, 1.82) is 10.8 Å². The molecule has 0 atom stereocenters. The van der Waals surface area contributed by atoms with Crippen molar-refractivity contribution in [2.24, 2.45) is 0 Å². The van der Waals surface area contributed by atoms with Crippen LogP contribution in [0.15, 0.2) is 47.3 Å². The summed E-state index contributed by atoms with van der Waals surface area (Å²) in [6.07, 6.45) is 1.92. The lowest BCUT2D eigenvalue weighted by Crippen LogP contribution is -2.39. The predicted molar refractivity (Wildman–Crippen MR) is 121 cm³/mol. The van der Waals surface area contributed by atoms with Crippen LogP contribution in [0, 0.1) is 10.8 Å². The number of H-pyrrole nitrogens is 1. The van der Waals surface area contributed by atoms with Crippen molar-refractivity contribution in [1.82, 2.24) is 14.5 Å². The van der Waals surface area contributed by atoms with E-state index in [0.717, 1.165) is 18.0 Å². The van der Waals surface area contributed by atoms with Crippen LogP contribution in [0.25, 0.3) is 11.0 Å². The van der Waals surface area contributed by atoms with E-state index in [4.69, 9.17) is 22.4 Å². The molecule has 0 saturated heterocycles. The van der Waals surface area contributed by atoms with Gasteiger partial charge in [0.1, 0.15) is 12.1 Å². The molecule has 0 aliphatic carbocycles. The van der Waals surface area contributed by atoms with E-state index < -0.39 is 5.56 Å². The van der Waals surface area contributed by atoms with Crippen molar-refractivity contribution >= 4 is 34.8 Å². The molecular formula is C22H26ClN5O2. The number of nitrogens with one attached hydrogen (secondary N) is 3. The lowest BCUT2D eigenvalue weighted by molar-refractivity contribution is 0.112. The van der Waals surface area contributed by atoms with E-state index in [0.29, 0.717) is 29.3 Å². The topological polar surface area (TPSA) is 106 Å². The van der Waals surface area contributed by atoms with Crippen molar-refractivity contribution < 1.29 is 4.79 Å². The Bertz CT molecular complexity index is 1160. The van der Waals surface area contributed by atoms with Crippen LogP contribution in [-0.4, -0.2) is 40.7 Å². The molecule has 0 aliphatic rings. The Morgan fingerprint density at radius 2 is 1.97 bits per heavy atom. The number of fused-ring (bicyclic) bond motifs is 1. The Morgan fingerprint density at radius 3 is 2.57 bits per heavy atom. The number of carbonyl (C=O) groups is 1. The first kappa shape index (κ1) is 23.3. The molecule has 3 N–H and O–H groups in total. The summed E-state index contributed by atoms with van der Waals surface area (Å²) in [5.41, 5.74) is 1.85. The quantitative estimate of drug-likeness (QED) is 0.328. The number of hydrogen-bond donors (Lipinski definition) is 3. The second-order valence-corrected chi connectivity index (χ2v) is 7.53. The molecule has 0 fully saturated rings. The molecule has 0 aliphatic heterocycles. The van der Waals surface area contributed by atoms with Gasteiger partial charge in [-0.1, -0.05) is 30.7 Å². The molecule has 0 spiro atoms. The summed E-state index contributed by atoms with van der Waals surface area (Å²) in [5, 5.41) is 16.6. The zero-order valence-corrected chi connectivity index (χ0v) is 18.1. The highest BCUT2D eigenvalue weighted by Gasteiger charge is 2.09. The summed E-state index contributed by atoms with van der Waals surface area (Å²) in [5.74, 6) is 0.197. The number of carbonyl (C=O) groups excluding carboxylic acids is 1. The van der Waals surface area contributed by atoms with E-state index in [1.807, 2.05) is 39.2 Å². The first-order valence-electron chi connectivity index (χ1n) is 9.52. The van der Waals surface area contributed by atoms with Gasteiger partial charge in [-0.05, 0) is 56.4 Å². The molecule has 0 bridgehead atoms. The van der Waals surface area contributed by atoms with Crippen molar-refractivity contribution in [2.75, 3.05) is 14.1 Å². The maximum atomic E-state index is 11.7. The van der Waals surface area contributed by atoms with Gasteiger partial charge in [-0.15, -0.1) is 0 Å². The molecule has 1 heterocycles. The average molecular weight is 428 g/mol. The van der Waals surface area contributed by atoms with Crippen LogP contribution in [0.2, 0.25) is 5.02 Å². The Kier molecular flexibility index (Phi) is 8.26. The Hall–Kier alpha value is -3.03. The summed E-state index contributed by atoms with van der Waals surface area (Å²) >= 11 is 5.81. The van der Waals surface area contributed by atoms with Gasteiger partial charge < -0.3 is 9.88 Å². The molecule has 0 saturated carbocycles. The molecule has 8 heteroatoms. The van der Waals surface area contributed by atoms with Crippen LogP contribution in [0.4, 0.5) is 0 Å². The Balaban J connectivity index is 0.000000248. The minimum atomic E-state index is -0.573. The minimum absolute atomic E-state index is 0.197. The highest BCUT2D eigenvalue weighted by molar-refractivity contribution is 6.30. The van der Waals surface area contributed by atoms with Gasteiger partial charge in [-0.3, -0.25) is 25.0 Å². The van der Waals surface area contributed by atoms with Crippen molar-refractivity contribution in [2.45, 2.75) is 26.3 Å². The fourth-order valence-corrected chi connectivity index (χ4v) is 3.17. The molecule has 0 amide bonds. The van der Waals surface area contributed by atoms with E-state index in [-0.39, 0.29) is 11.3 Å². The van der Waals surface area contributed by atoms with Gasteiger partial charge in [0.15, 0.2) is 5.49 Å². The van der Waals surface area contributed by atoms with Gasteiger partial charge in [0.05, 0.1) is 11.0 Å². The fraction of sp³-hybridized carbons (Fsp3) is 0.273. The third kappa shape index (κ3) is 5.98. The number of nitrogens with zero attached hydrogens (tertiary/aromatic N) is 2. The van der Waals surface area contributed by atoms with Gasteiger partial charge in [-0.25, -0.2) is 0 Å². The number of halogens is 1. The first-order valence-corrected chi connectivity index (χ1v) is 9.90. The number of aromatic nitrogens is 2. The molecule has 158 valence electrons. The zero-order chi connectivity index (χ0) is 22.3. The first-order chi connectivity index (χ1) is 14.3. The van der Waals surface area contributed by atoms with Crippen LogP contribution in [0.3, 0.4) is 0 Å². The Labute approximate surface area is 180 Å². The van der Waals surface area contributed by atoms with Gasteiger partial charge in [-0.2, -0.15) is 0 Å². The van der Waals surface area contributed by atoms with Crippen LogP contribution in [-0.2, 0) is 6.54 Å². The minimum Gasteiger partial charge on any atom is -0.317 e. The fourth-order valence-electron chi connectivity index (χ4n) is 2.96. The summed E-state index contributed by atoms with van der Waals surface area (Å²) in [6, 6.07) is 12.7. The maximum Gasteiger partial charge on any atom is 0.291 e. The molecule has 2 aromatic carbocycles. The van der Waals surface area contributed by atoms with Gasteiger partial charge in [0, 0.05) is 23.6 Å². The molecule has 1 aromatic heterocycles. The van der Waals surface area contributed by atoms with Crippen molar-refractivity contribution in [3.8, 4) is 0 Å². The number of hydrogen-bond acceptors (Lipinski definition) is 5. The molecule has 30 heavy (non-hydrogen) atoms. The zero-order valence-electron chi connectivity index (χ0n) is 17.3. The summed E-state index contributed by atoms with van der Waals surface area (Å²) < 4.78 is 1.31. The standard InChI is InChI=1S/C13H14N4O2.C9H12ClN/c1-2-3-11(14)17-10-5-4-8(7-18)6-9(10)16-13(19)12(17)15;1-11(2)7-8-4-3-5-9(10)6-8/h4-7,14-15H,2-3H2,1H3,(H,16,19);3-6H,7H2,1-2H3. The van der Waals surface area contributed by atoms with Crippen LogP contribution < -0.4 is 11.0 Å². The average Bonchev–Trinajstić information content (AvgIpc) is 2.68. The number of benzene rings is 2. The SMILES string of the molecule is CCCC(=N)n1c(=N)c(=O)[nH]c2cc(C=O)ccc21.CN(C)Cc1cccc(Cl)c1. The normalized spacial score (nSPS) is 10.6. The van der Waals surface area contributed by atoms with Crippen molar-refractivity contribution in [3.05, 3.63) is 74.5 Å². The molecule has 3 rings (SSSR count). The summed E-state index contributed by atoms with van der Waals surface area (Å²) in [7, 11) is 4.09. The van der Waals surface area contributed by atoms with Gasteiger partial charge in [0.25, 0.3) is 5.56 Å². The summed E-state index contributed by atoms with van der Waals surface area (Å²) in [4.78, 5) is 27.1. The van der Waals surface area contributed by atoms with E-state index >= 15 is 0 Å². The number of rotatable bonds is 5. The molecular weight excluding hydrogens is 402 g/mol. The highest BCUT2D eigenvalue weighted by Crippen LogP contribution is 2.12. The van der Waals surface area contributed by atoms with E-state index in [2.05, 4.69) is 16.0 Å². The van der Waals surface area contributed by atoms with E-state index in [9.17, 15) is 9.59 Å². The monoisotopic (exact) mass is 427 g/mol. The highest BCUT2D eigenvalue weighted by atomic mass is 35.5. The predicted octanol–water partition coefficient (Wildman–Crippen LogP) is 3.65. The largest absolute Gasteiger partial charge is 0.317 e. The van der Waals surface area contributed by atoms with Gasteiger partial charge >= 0.3 is 0 Å². The number of aldehydes is 1. The summed E-state index contributed by atoms with van der Waals surface area (Å²) in [6.45, 7) is 2.87. The third-order valence-corrected chi connectivity index (χ3v) is 4.46. The van der Waals surface area contributed by atoms with E-state index in [1.54, 1.807) is 18.2 Å². The smallest absolute Gasteiger partial charge is 0.291 e. The lowest BCUT2D eigenvalue weighted by atomic mass is 10.2. The Morgan fingerprint density at radius 1 is 1.23 bits per heavy atom. The van der Waals surface area contributed by atoms with Gasteiger partial charge in [0.2, 0.25) is 0 Å². The maximum absolute atomic E-state index is 11.7. The molecule has 0 unspecified atom stereocenters. The molecule has 3 aromatic rings. The van der Waals surface area contributed by atoms with Crippen LogP contribution in [0.1, 0.15) is 35.7 Å². The lowest BCUT2D eigenvalue weighted by Gasteiger charge is -2.11. The van der Waals surface area contributed by atoms with E-state index in [1.165, 1.54) is 10.1 Å². The van der Waals surface area contributed by atoms with Crippen LogP contribution >= 0.6 is 11.6 Å². The van der Waals surface area contributed by atoms with Crippen molar-refractivity contribution in [3.63, 3.8) is 0 Å². The van der Waals surface area contributed by atoms with Crippen LogP contribution in [0.5, 0.6) is 0 Å².